The van der Waals surface area contributed by atoms with Crippen LogP contribution in [0.25, 0.3) is 0 Å². The molecule has 108 valence electrons. The fraction of sp³-hybridized carbons (Fsp3) is 0.400. The summed E-state index contributed by atoms with van der Waals surface area (Å²) < 4.78 is 13.9. The highest BCUT2D eigenvalue weighted by molar-refractivity contribution is 7.15. The predicted octanol–water partition coefficient (Wildman–Crippen LogP) is 4.11. The van der Waals surface area contributed by atoms with Crippen LogP contribution >= 0.6 is 11.3 Å². The molecular formula is C15H20FN3S. The molecule has 3 nitrogen and oxygen atoms in total. The second kappa shape index (κ2) is 6.81. The van der Waals surface area contributed by atoms with Crippen molar-refractivity contribution in [2.45, 2.75) is 26.8 Å². The number of anilines is 2. The van der Waals surface area contributed by atoms with Crippen molar-refractivity contribution < 1.29 is 4.39 Å². The van der Waals surface area contributed by atoms with Crippen LogP contribution in [0.5, 0.6) is 0 Å². The van der Waals surface area contributed by atoms with Gasteiger partial charge in [0.25, 0.3) is 0 Å². The van der Waals surface area contributed by atoms with Crippen LogP contribution in [-0.2, 0) is 0 Å². The van der Waals surface area contributed by atoms with Gasteiger partial charge in [-0.1, -0.05) is 30.4 Å². The zero-order chi connectivity index (χ0) is 14.5. The van der Waals surface area contributed by atoms with Crippen molar-refractivity contribution in [2.75, 3.05) is 18.0 Å². The number of hydrogen-bond acceptors (Lipinski definition) is 4. The Morgan fingerprint density at radius 3 is 2.75 bits per heavy atom. The summed E-state index contributed by atoms with van der Waals surface area (Å²) in [5.74, 6) is -0.217. The third-order valence-corrected chi connectivity index (χ3v) is 4.34. The third kappa shape index (κ3) is 3.16. The zero-order valence-corrected chi connectivity index (χ0v) is 12.9. The lowest BCUT2D eigenvalue weighted by atomic mass is 10.3. The van der Waals surface area contributed by atoms with Crippen molar-refractivity contribution in [2.24, 2.45) is 0 Å². The third-order valence-electron chi connectivity index (χ3n) is 3.14. The molecule has 2 aromatic rings. The van der Waals surface area contributed by atoms with Crippen LogP contribution in [0.1, 0.15) is 31.7 Å². The van der Waals surface area contributed by atoms with Gasteiger partial charge < -0.3 is 10.2 Å². The van der Waals surface area contributed by atoms with Crippen LogP contribution in [0.15, 0.2) is 30.5 Å². The van der Waals surface area contributed by atoms with Gasteiger partial charge in [0.1, 0.15) is 5.82 Å². The van der Waals surface area contributed by atoms with Crippen molar-refractivity contribution in [1.29, 1.82) is 0 Å². The van der Waals surface area contributed by atoms with Gasteiger partial charge in [0.05, 0.1) is 5.69 Å². The van der Waals surface area contributed by atoms with Gasteiger partial charge in [0.2, 0.25) is 0 Å². The lowest BCUT2D eigenvalue weighted by Crippen LogP contribution is -2.17. The van der Waals surface area contributed by atoms with E-state index < -0.39 is 0 Å². The molecule has 1 heterocycles. The average molecular weight is 293 g/mol. The number of benzene rings is 1. The van der Waals surface area contributed by atoms with Crippen LogP contribution in [0, 0.1) is 5.82 Å². The lowest BCUT2D eigenvalue weighted by molar-refractivity contribution is 0.606. The molecule has 0 aliphatic heterocycles. The van der Waals surface area contributed by atoms with Crippen molar-refractivity contribution in [1.82, 2.24) is 10.3 Å². The Morgan fingerprint density at radius 1 is 1.35 bits per heavy atom. The molecule has 0 amide bonds. The molecule has 1 aromatic heterocycles. The molecule has 0 aliphatic rings. The molecule has 0 bridgehead atoms. The summed E-state index contributed by atoms with van der Waals surface area (Å²) in [5.41, 5.74) is 0.576. The minimum atomic E-state index is -0.217. The first-order valence-electron chi connectivity index (χ1n) is 6.88. The normalized spacial score (nSPS) is 12.4. The molecule has 1 atom stereocenters. The highest BCUT2D eigenvalue weighted by Crippen LogP contribution is 2.32. The summed E-state index contributed by atoms with van der Waals surface area (Å²) in [6.45, 7) is 7.79. The molecule has 0 saturated heterocycles. The Balaban J connectivity index is 2.27. The van der Waals surface area contributed by atoms with Gasteiger partial charge in [-0.2, -0.15) is 0 Å². The molecule has 1 aromatic carbocycles. The quantitative estimate of drug-likeness (QED) is 0.868. The van der Waals surface area contributed by atoms with Gasteiger partial charge in [0, 0.05) is 23.7 Å². The summed E-state index contributed by atoms with van der Waals surface area (Å²) >= 11 is 1.60. The Labute approximate surface area is 123 Å². The second-order valence-corrected chi connectivity index (χ2v) is 5.56. The molecule has 0 radical (unpaired) electrons. The van der Waals surface area contributed by atoms with Crippen LogP contribution in [0.2, 0.25) is 0 Å². The fourth-order valence-electron chi connectivity index (χ4n) is 2.09. The van der Waals surface area contributed by atoms with E-state index in [-0.39, 0.29) is 11.9 Å². The van der Waals surface area contributed by atoms with Crippen LogP contribution in [-0.4, -0.2) is 18.1 Å². The predicted molar refractivity (Wildman–Crippen MR) is 83.3 cm³/mol. The summed E-state index contributed by atoms with van der Waals surface area (Å²) in [5, 5.41) is 4.19. The summed E-state index contributed by atoms with van der Waals surface area (Å²) in [6.07, 6.45) is 1.87. The van der Waals surface area contributed by atoms with E-state index in [0.29, 0.717) is 12.2 Å². The molecule has 1 unspecified atom stereocenters. The van der Waals surface area contributed by atoms with E-state index in [1.54, 1.807) is 23.5 Å². The maximum atomic E-state index is 13.9. The number of para-hydroxylation sites is 1. The van der Waals surface area contributed by atoms with E-state index in [2.05, 4.69) is 24.1 Å². The number of nitrogens with zero attached hydrogens (tertiary/aromatic N) is 2. The summed E-state index contributed by atoms with van der Waals surface area (Å²) in [6, 6.07) is 7.08. The maximum Gasteiger partial charge on any atom is 0.190 e. The molecule has 20 heavy (non-hydrogen) atoms. The second-order valence-electron chi connectivity index (χ2n) is 4.52. The Hall–Kier alpha value is -1.46. The number of hydrogen-bond donors (Lipinski definition) is 1. The SMILES string of the molecule is CCNC(C)c1cnc(N(CC)c2ccccc2F)s1. The van der Waals surface area contributed by atoms with E-state index in [1.165, 1.54) is 6.07 Å². The van der Waals surface area contributed by atoms with Gasteiger partial charge in [0.15, 0.2) is 5.13 Å². The standard InChI is InChI=1S/C15H20FN3S/c1-4-17-11(3)14-10-18-15(20-14)19(5-2)13-9-7-6-8-12(13)16/h6-11,17H,4-5H2,1-3H3. The van der Waals surface area contributed by atoms with Crippen molar-refractivity contribution in [3.63, 3.8) is 0 Å². The van der Waals surface area contributed by atoms with Crippen molar-refractivity contribution in [3.05, 3.63) is 41.2 Å². The number of halogens is 1. The number of nitrogens with one attached hydrogen (secondary N) is 1. The van der Waals surface area contributed by atoms with Gasteiger partial charge >= 0.3 is 0 Å². The monoisotopic (exact) mass is 293 g/mol. The number of aromatic nitrogens is 1. The Morgan fingerprint density at radius 2 is 2.10 bits per heavy atom. The van der Waals surface area contributed by atoms with Crippen LogP contribution in [0.3, 0.4) is 0 Å². The first kappa shape index (κ1) is 14.9. The maximum absolute atomic E-state index is 13.9. The van der Waals surface area contributed by atoms with Gasteiger partial charge in [-0.3, -0.25) is 0 Å². The zero-order valence-electron chi connectivity index (χ0n) is 12.1. The highest BCUT2D eigenvalue weighted by atomic mass is 32.1. The molecule has 0 fully saturated rings. The molecule has 0 aliphatic carbocycles. The van der Waals surface area contributed by atoms with E-state index in [9.17, 15) is 4.39 Å². The molecule has 2 rings (SSSR count). The smallest absolute Gasteiger partial charge is 0.190 e. The summed E-state index contributed by atoms with van der Waals surface area (Å²) in [7, 11) is 0. The highest BCUT2D eigenvalue weighted by Gasteiger charge is 2.16. The molecule has 0 spiro atoms. The van der Waals surface area contributed by atoms with E-state index in [4.69, 9.17) is 0 Å². The van der Waals surface area contributed by atoms with Gasteiger partial charge in [-0.25, -0.2) is 9.37 Å². The largest absolute Gasteiger partial charge is 0.315 e. The van der Waals surface area contributed by atoms with E-state index in [0.717, 1.165) is 16.6 Å². The van der Waals surface area contributed by atoms with Gasteiger partial charge in [-0.05, 0) is 32.5 Å². The summed E-state index contributed by atoms with van der Waals surface area (Å²) in [4.78, 5) is 7.51. The first-order valence-corrected chi connectivity index (χ1v) is 7.70. The first-order chi connectivity index (χ1) is 9.67. The number of thiazole rings is 1. The molecule has 1 N–H and O–H groups in total. The topological polar surface area (TPSA) is 28.2 Å². The van der Waals surface area contributed by atoms with E-state index in [1.807, 2.05) is 24.1 Å². The Kier molecular flexibility index (Phi) is 5.09. The minimum Gasteiger partial charge on any atom is -0.315 e. The van der Waals surface area contributed by atoms with Crippen LogP contribution < -0.4 is 10.2 Å². The fourth-order valence-corrected chi connectivity index (χ4v) is 3.11. The van der Waals surface area contributed by atoms with Crippen molar-refractivity contribution in [3.8, 4) is 0 Å². The molecular weight excluding hydrogens is 273 g/mol. The van der Waals surface area contributed by atoms with Gasteiger partial charge in [-0.15, -0.1) is 0 Å². The lowest BCUT2D eigenvalue weighted by Gasteiger charge is -2.20. The number of rotatable bonds is 6. The minimum absolute atomic E-state index is 0.217. The van der Waals surface area contributed by atoms with E-state index >= 15 is 0 Å². The Bertz CT molecular complexity index is 556. The molecule has 0 saturated carbocycles. The van der Waals surface area contributed by atoms with Crippen LogP contribution in [0.4, 0.5) is 15.2 Å². The van der Waals surface area contributed by atoms with Crippen molar-refractivity contribution >= 4 is 22.2 Å². The molecule has 5 heteroatoms. The average Bonchev–Trinajstić information content (AvgIpc) is 2.92.